The van der Waals surface area contributed by atoms with Gasteiger partial charge in [-0.25, -0.2) is 10.2 Å². The molecule has 0 aromatic heterocycles. The number of nitrogens with zero attached hydrogens (tertiary/aromatic N) is 1. The fraction of sp³-hybridized carbons (Fsp3) is 0.300. The second kappa shape index (κ2) is 4.44. The van der Waals surface area contributed by atoms with Crippen molar-refractivity contribution in [3.63, 3.8) is 0 Å². The molecule has 80 valence electrons. The van der Waals surface area contributed by atoms with Gasteiger partial charge in [0, 0.05) is 11.4 Å². The third-order valence-electron chi connectivity index (χ3n) is 2.22. The van der Waals surface area contributed by atoms with E-state index in [9.17, 15) is 4.79 Å². The molecule has 0 spiro atoms. The Bertz CT molecular complexity index is 369. The second-order valence-corrected chi connectivity index (χ2v) is 4.10. The molecule has 1 aliphatic rings. The number of rotatable bonds is 2. The number of nitrogens with one attached hydrogen (secondary N) is 2. The SMILES string of the molecule is CSc1cccc(N2CCNC(=O)N2)c1. The predicted octanol–water partition coefficient (Wildman–Crippen LogP) is 1.44. The lowest BCUT2D eigenvalue weighted by Crippen LogP contribution is -2.56. The summed E-state index contributed by atoms with van der Waals surface area (Å²) in [7, 11) is 0. The first kappa shape index (κ1) is 10.2. The summed E-state index contributed by atoms with van der Waals surface area (Å²) >= 11 is 1.69. The first-order valence-electron chi connectivity index (χ1n) is 4.75. The molecule has 0 radical (unpaired) electrons. The molecule has 1 aromatic rings. The Balaban J connectivity index is 2.17. The van der Waals surface area contributed by atoms with Crippen molar-refractivity contribution in [2.45, 2.75) is 4.90 Å². The average Bonchev–Trinajstić information content (AvgIpc) is 2.29. The zero-order valence-electron chi connectivity index (χ0n) is 8.49. The van der Waals surface area contributed by atoms with Crippen LogP contribution in [0.1, 0.15) is 0 Å². The van der Waals surface area contributed by atoms with E-state index in [1.807, 2.05) is 23.4 Å². The summed E-state index contributed by atoms with van der Waals surface area (Å²) in [6.07, 6.45) is 2.04. The van der Waals surface area contributed by atoms with E-state index in [0.717, 1.165) is 12.2 Å². The number of thioether (sulfide) groups is 1. The van der Waals surface area contributed by atoms with E-state index in [4.69, 9.17) is 0 Å². The number of urea groups is 1. The summed E-state index contributed by atoms with van der Waals surface area (Å²) in [5.74, 6) is 0. The molecule has 15 heavy (non-hydrogen) atoms. The van der Waals surface area contributed by atoms with Crippen LogP contribution >= 0.6 is 11.8 Å². The van der Waals surface area contributed by atoms with Crippen molar-refractivity contribution in [1.82, 2.24) is 10.7 Å². The highest BCUT2D eigenvalue weighted by Crippen LogP contribution is 2.21. The van der Waals surface area contributed by atoms with E-state index in [1.165, 1.54) is 4.90 Å². The molecule has 0 atom stereocenters. The molecular weight excluding hydrogens is 210 g/mol. The van der Waals surface area contributed by atoms with Crippen LogP contribution in [0.25, 0.3) is 0 Å². The molecule has 0 bridgehead atoms. The molecule has 1 saturated heterocycles. The highest BCUT2D eigenvalue weighted by Gasteiger charge is 2.14. The van der Waals surface area contributed by atoms with E-state index >= 15 is 0 Å². The largest absolute Gasteiger partial charge is 0.335 e. The number of hydrogen-bond acceptors (Lipinski definition) is 3. The Morgan fingerprint density at radius 1 is 1.47 bits per heavy atom. The highest BCUT2D eigenvalue weighted by atomic mass is 32.2. The minimum absolute atomic E-state index is 0.143. The van der Waals surface area contributed by atoms with Crippen LogP contribution in [0.4, 0.5) is 10.5 Å². The van der Waals surface area contributed by atoms with E-state index in [0.29, 0.717) is 6.54 Å². The van der Waals surface area contributed by atoms with E-state index in [2.05, 4.69) is 22.9 Å². The number of hydrogen-bond donors (Lipinski definition) is 2. The Labute approximate surface area is 93.0 Å². The van der Waals surface area contributed by atoms with Crippen LogP contribution in [-0.2, 0) is 0 Å². The normalized spacial score (nSPS) is 15.8. The molecule has 1 aromatic carbocycles. The standard InChI is InChI=1S/C10H13N3OS/c1-15-9-4-2-3-8(7-9)13-6-5-11-10(14)12-13/h2-4,7H,5-6H2,1H3,(H2,11,12,14). The van der Waals surface area contributed by atoms with Crippen molar-refractivity contribution in [2.75, 3.05) is 24.4 Å². The van der Waals surface area contributed by atoms with Crippen LogP contribution in [0.15, 0.2) is 29.2 Å². The summed E-state index contributed by atoms with van der Waals surface area (Å²) < 4.78 is 0. The van der Waals surface area contributed by atoms with Gasteiger partial charge in [0.25, 0.3) is 0 Å². The fourth-order valence-electron chi connectivity index (χ4n) is 1.47. The summed E-state index contributed by atoms with van der Waals surface area (Å²) in [5.41, 5.74) is 3.78. The van der Waals surface area contributed by atoms with Gasteiger partial charge in [-0.15, -0.1) is 11.8 Å². The van der Waals surface area contributed by atoms with Gasteiger partial charge in [0.15, 0.2) is 0 Å². The molecule has 1 aliphatic heterocycles. The van der Waals surface area contributed by atoms with E-state index in [1.54, 1.807) is 11.8 Å². The quantitative estimate of drug-likeness (QED) is 0.746. The van der Waals surface area contributed by atoms with Crippen molar-refractivity contribution in [3.8, 4) is 0 Å². The molecule has 1 heterocycles. The van der Waals surface area contributed by atoms with Gasteiger partial charge < -0.3 is 5.32 Å². The molecule has 2 amide bonds. The number of carbonyl (C=O) groups excluding carboxylic acids is 1. The van der Waals surface area contributed by atoms with Gasteiger partial charge in [-0.2, -0.15) is 0 Å². The van der Waals surface area contributed by atoms with Crippen LogP contribution in [0.3, 0.4) is 0 Å². The maximum absolute atomic E-state index is 11.1. The summed E-state index contributed by atoms with van der Waals surface area (Å²) in [5, 5.41) is 4.57. The third kappa shape index (κ3) is 2.36. The molecule has 5 heteroatoms. The van der Waals surface area contributed by atoms with Crippen LogP contribution in [0, 0.1) is 0 Å². The van der Waals surface area contributed by atoms with E-state index < -0.39 is 0 Å². The molecule has 0 aliphatic carbocycles. The Kier molecular flexibility index (Phi) is 3.01. The lowest BCUT2D eigenvalue weighted by atomic mass is 10.3. The van der Waals surface area contributed by atoms with Crippen LogP contribution in [0.5, 0.6) is 0 Å². The minimum atomic E-state index is -0.143. The molecule has 4 nitrogen and oxygen atoms in total. The maximum atomic E-state index is 11.1. The Morgan fingerprint density at radius 3 is 3.07 bits per heavy atom. The monoisotopic (exact) mass is 223 g/mol. The number of anilines is 1. The van der Waals surface area contributed by atoms with Gasteiger partial charge in [-0.3, -0.25) is 5.01 Å². The minimum Gasteiger partial charge on any atom is -0.335 e. The van der Waals surface area contributed by atoms with Crippen LogP contribution in [0.2, 0.25) is 0 Å². The zero-order valence-corrected chi connectivity index (χ0v) is 9.30. The van der Waals surface area contributed by atoms with Crippen molar-refractivity contribution in [1.29, 1.82) is 0 Å². The van der Waals surface area contributed by atoms with Crippen molar-refractivity contribution >= 4 is 23.5 Å². The van der Waals surface area contributed by atoms with Gasteiger partial charge in [-0.1, -0.05) is 6.07 Å². The lowest BCUT2D eigenvalue weighted by molar-refractivity contribution is 0.236. The van der Waals surface area contributed by atoms with Gasteiger partial charge >= 0.3 is 6.03 Å². The van der Waals surface area contributed by atoms with Crippen molar-refractivity contribution in [3.05, 3.63) is 24.3 Å². The van der Waals surface area contributed by atoms with Gasteiger partial charge in [0.2, 0.25) is 0 Å². The lowest BCUT2D eigenvalue weighted by Gasteiger charge is -2.29. The third-order valence-corrected chi connectivity index (χ3v) is 2.95. The van der Waals surface area contributed by atoms with Crippen LogP contribution < -0.4 is 15.8 Å². The topological polar surface area (TPSA) is 44.4 Å². The number of benzene rings is 1. The molecular formula is C10H13N3OS. The van der Waals surface area contributed by atoms with Gasteiger partial charge in [-0.05, 0) is 24.5 Å². The number of hydrazine groups is 1. The molecule has 0 saturated carbocycles. The van der Waals surface area contributed by atoms with Crippen molar-refractivity contribution in [2.24, 2.45) is 0 Å². The zero-order chi connectivity index (χ0) is 10.7. The molecule has 0 unspecified atom stereocenters. The Morgan fingerprint density at radius 2 is 2.33 bits per heavy atom. The molecule has 2 N–H and O–H groups in total. The van der Waals surface area contributed by atoms with Gasteiger partial charge in [0.1, 0.15) is 0 Å². The first-order chi connectivity index (χ1) is 7.29. The maximum Gasteiger partial charge on any atom is 0.333 e. The van der Waals surface area contributed by atoms with Crippen LogP contribution in [-0.4, -0.2) is 25.4 Å². The first-order valence-corrected chi connectivity index (χ1v) is 5.98. The molecule has 2 rings (SSSR count). The average molecular weight is 223 g/mol. The van der Waals surface area contributed by atoms with Crippen molar-refractivity contribution < 1.29 is 4.79 Å². The summed E-state index contributed by atoms with van der Waals surface area (Å²) in [6.45, 7) is 1.46. The summed E-state index contributed by atoms with van der Waals surface area (Å²) in [6, 6.07) is 7.96. The van der Waals surface area contributed by atoms with E-state index in [-0.39, 0.29) is 6.03 Å². The summed E-state index contributed by atoms with van der Waals surface area (Å²) in [4.78, 5) is 12.3. The smallest absolute Gasteiger partial charge is 0.333 e. The predicted molar refractivity (Wildman–Crippen MR) is 62.1 cm³/mol. The fourth-order valence-corrected chi connectivity index (χ4v) is 1.92. The number of amides is 2. The highest BCUT2D eigenvalue weighted by molar-refractivity contribution is 7.98. The van der Waals surface area contributed by atoms with Gasteiger partial charge in [0.05, 0.1) is 12.2 Å². The Hall–Kier alpha value is -1.36. The second-order valence-electron chi connectivity index (χ2n) is 3.22. The number of carbonyl (C=O) groups is 1. The molecule has 1 fully saturated rings.